The van der Waals surface area contributed by atoms with Crippen molar-refractivity contribution >= 4 is 36.0 Å². The van der Waals surface area contributed by atoms with Crippen LogP contribution in [-0.2, 0) is 0 Å². The molecule has 0 saturated heterocycles. The molecular formula is C10H24Cl2Si2. The fourth-order valence-electron chi connectivity index (χ4n) is 1.86. The normalized spacial score (nSPS) is 14.1. The van der Waals surface area contributed by atoms with Crippen LogP contribution in [-0.4, -0.2) is 13.8 Å². The Morgan fingerprint density at radius 2 is 1.14 bits per heavy atom. The van der Waals surface area contributed by atoms with Gasteiger partial charge in [0.1, 0.15) is 0 Å². The summed E-state index contributed by atoms with van der Waals surface area (Å²) in [7, 11) is 0. The third-order valence-electron chi connectivity index (χ3n) is 2.53. The van der Waals surface area contributed by atoms with Gasteiger partial charge in [-0.2, -0.15) is 22.2 Å². The summed E-state index contributed by atoms with van der Waals surface area (Å²) in [6.07, 6.45) is 0. The molecule has 0 saturated carbocycles. The first-order chi connectivity index (χ1) is 6.08. The van der Waals surface area contributed by atoms with Crippen LogP contribution in [0.3, 0.4) is 0 Å². The van der Waals surface area contributed by atoms with Gasteiger partial charge in [0.25, 0.3) is 0 Å². The Morgan fingerprint density at radius 3 is 1.29 bits per heavy atom. The van der Waals surface area contributed by atoms with Crippen molar-refractivity contribution in [1.29, 1.82) is 0 Å². The van der Waals surface area contributed by atoms with Crippen molar-refractivity contribution < 1.29 is 0 Å². The Labute approximate surface area is 101 Å². The average Bonchev–Trinajstić information content (AvgIpc) is 1.78. The van der Waals surface area contributed by atoms with E-state index in [1.165, 1.54) is 12.1 Å². The van der Waals surface area contributed by atoms with Crippen LogP contribution in [0.2, 0.25) is 25.2 Å². The lowest BCUT2D eigenvalue weighted by Crippen LogP contribution is -2.52. The van der Waals surface area contributed by atoms with Crippen LogP contribution in [0, 0.1) is 11.8 Å². The minimum Gasteiger partial charge on any atom is -0.170 e. The number of rotatable bonds is 5. The zero-order chi connectivity index (χ0) is 11.6. The summed E-state index contributed by atoms with van der Waals surface area (Å²) in [5.74, 6) is 1.37. The van der Waals surface area contributed by atoms with E-state index in [4.69, 9.17) is 22.2 Å². The van der Waals surface area contributed by atoms with E-state index in [0.29, 0.717) is 11.8 Å². The van der Waals surface area contributed by atoms with Crippen molar-refractivity contribution in [3.05, 3.63) is 0 Å². The molecule has 0 heterocycles. The van der Waals surface area contributed by atoms with Crippen LogP contribution < -0.4 is 0 Å². The second-order valence-electron chi connectivity index (χ2n) is 5.63. The molecule has 86 valence electrons. The highest BCUT2D eigenvalue weighted by molar-refractivity contribution is 7.71. The molecule has 4 heteroatoms. The fraction of sp³-hybridized carbons (Fsp3) is 1.00. The van der Waals surface area contributed by atoms with Crippen LogP contribution in [0.25, 0.3) is 0 Å². The van der Waals surface area contributed by atoms with Gasteiger partial charge in [0.05, 0.1) is 0 Å². The van der Waals surface area contributed by atoms with E-state index >= 15 is 0 Å². The Morgan fingerprint density at radius 1 is 0.857 bits per heavy atom. The van der Waals surface area contributed by atoms with Crippen LogP contribution in [0.1, 0.15) is 27.7 Å². The van der Waals surface area contributed by atoms with E-state index in [1.54, 1.807) is 0 Å². The molecule has 14 heavy (non-hydrogen) atoms. The summed E-state index contributed by atoms with van der Waals surface area (Å²) in [6.45, 7) is 10.1. The molecule has 0 fully saturated rings. The van der Waals surface area contributed by atoms with Crippen molar-refractivity contribution in [2.24, 2.45) is 11.8 Å². The van der Waals surface area contributed by atoms with Gasteiger partial charge in [-0.25, -0.2) is 0 Å². The van der Waals surface area contributed by atoms with E-state index in [2.05, 4.69) is 40.8 Å². The smallest absolute Gasteiger partial charge is 0.165 e. The summed E-state index contributed by atoms with van der Waals surface area (Å²) in [5.41, 5.74) is 0. The number of hydrogen-bond donors (Lipinski definition) is 0. The van der Waals surface area contributed by atoms with Gasteiger partial charge in [-0.1, -0.05) is 40.8 Å². The van der Waals surface area contributed by atoms with E-state index in [1.807, 2.05) is 0 Å². The average molecular weight is 271 g/mol. The molecular weight excluding hydrogens is 247 g/mol. The molecule has 0 aliphatic rings. The monoisotopic (exact) mass is 270 g/mol. The molecule has 0 bridgehead atoms. The lowest BCUT2D eigenvalue weighted by atomic mass is 10.3. The highest BCUT2D eigenvalue weighted by Gasteiger charge is 2.47. The van der Waals surface area contributed by atoms with Crippen LogP contribution >= 0.6 is 22.2 Å². The Kier molecular flexibility index (Phi) is 5.76. The Hall–Kier alpha value is 1.01. The van der Waals surface area contributed by atoms with E-state index in [0.717, 1.165) is 0 Å². The highest BCUT2D eigenvalue weighted by atomic mass is 35.6. The number of hydrogen-bond acceptors (Lipinski definition) is 0. The summed E-state index contributed by atoms with van der Waals surface area (Å²) in [6, 6.07) is 2.35. The first-order valence-corrected chi connectivity index (χ1v) is 13.9. The van der Waals surface area contributed by atoms with E-state index < -0.39 is 13.8 Å². The van der Waals surface area contributed by atoms with Gasteiger partial charge < -0.3 is 0 Å². The van der Waals surface area contributed by atoms with E-state index in [9.17, 15) is 0 Å². The predicted octanol–water partition coefficient (Wildman–Crippen LogP) is 5.01. The predicted molar refractivity (Wildman–Crippen MR) is 74.2 cm³/mol. The maximum atomic E-state index is 6.87. The maximum Gasteiger partial charge on any atom is 0.165 e. The fourth-order valence-corrected chi connectivity index (χ4v) is 14.2. The van der Waals surface area contributed by atoms with Crippen molar-refractivity contribution in [2.45, 2.75) is 52.9 Å². The topological polar surface area (TPSA) is 0 Å². The quantitative estimate of drug-likeness (QED) is 0.487. The maximum absolute atomic E-state index is 6.87. The molecule has 0 rings (SSSR count). The third kappa shape index (κ3) is 4.69. The van der Waals surface area contributed by atoms with Gasteiger partial charge in [0.15, 0.2) is 13.8 Å². The zero-order valence-electron chi connectivity index (χ0n) is 10.3. The summed E-state index contributed by atoms with van der Waals surface area (Å²) in [5, 5.41) is 0. The van der Waals surface area contributed by atoms with Gasteiger partial charge in [-0.05, 0) is 23.9 Å². The Bertz CT molecular complexity index is 163. The van der Waals surface area contributed by atoms with Crippen LogP contribution in [0.4, 0.5) is 0 Å². The van der Waals surface area contributed by atoms with E-state index in [-0.39, 0.29) is 0 Å². The summed E-state index contributed by atoms with van der Waals surface area (Å²) < 4.78 is 0. The largest absolute Gasteiger partial charge is 0.170 e. The lowest BCUT2D eigenvalue weighted by molar-refractivity contribution is 0.693. The molecule has 0 radical (unpaired) electrons. The van der Waals surface area contributed by atoms with Gasteiger partial charge in [0, 0.05) is 0 Å². The SMILES string of the molecule is CC(C)C[Si](Cl)(CC(C)C)[Si](C)(C)Cl. The molecule has 0 nitrogen and oxygen atoms in total. The van der Waals surface area contributed by atoms with Gasteiger partial charge >= 0.3 is 0 Å². The molecule has 0 unspecified atom stereocenters. The number of halogens is 2. The van der Waals surface area contributed by atoms with Crippen LogP contribution in [0.15, 0.2) is 0 Å². The van der Waals surface area contributed by atoms with Crippen molar-refractivity contribution in [2.75, 3.05) is 0 Å². The molecule has 0 spiro atoms. The van der Waals surface area contributed by atoms with Crippen molar-refractivity contribution in [1.82, 2.24) is 0 Å². The first kappa shape index (κ1) is 15.0. The third-order valence-corrected chi connectivity index (χ3v) is 24.5. The molecule has 0 aliphatic heterocycles. The second kappa shape index (κ2) is 5.37. The molecule has 0 atom stereocenters. The molecule has 0 N–H and O–H groups in total. The minimum absolute atomic E-state index is 0.684. The van der Waals surface area contributed by atoms with Gasteiger partial charge in [0.2, 0.25) is 0 Å². The minimum atomic E-state index is -1.70. The van der Waals surface area contributed by atoms with Gasteiger partial charge in [-0.3, -0.25) is 0 Å². The molecule has 0 aromatic carbocycles. The highest BCUT2D eigenvalue weighted by Crippen LogP contribution is 2.38. The standard InChI is InChI=1S/C10H24Cl2Si2/c1-9(2)7-14(12,8-10(3)4)13(5,6)11/h9-10H,7-8H2,1-6H3. The summed E-state index contributed by atoms with van der Waals surface area (Å²) >= 11 is 13.5. The Balaban J connectivity index is 4.67. The lowest BCUT2D eigenvalue weighted by Gasteiger charge is -2.36. The molecule has 0 aromatic heterocycles. The van der Waals surface area contributed by atoms with Crippen LogP contribution in [0.5, 0.6) is 0 Å². The van der Waals surface area contributed by atoms with Gasteiger partial charge in [-0.15, -0.1) is 0 Å². The van der Waals surface area contributed by atoms with Crippen molar-refractivity contribution in [3.8, 4) is 0 Å². The summed E-state index contributed by atoms with van der Waals surface area (Å²) in [4.78, 5) is 0. The second-order valence-corrected chi connectivity index (χ2v) is 24.9. The molecule has 0 amide bonds. The molecule has 0 aromatic rings. The zero-order valence-corrected chi connectivity index (χ0v) is 13.8. The molecule has 0 aliphatic carbocycles. The first-order valence-electron chi connectivity index (χ1n) is 5.46. The van der Waals surface area contributed by atoms with Crippen molar-refractivity contribution in [3.63, 3.8) is 0 Å².